The highest BCUT2D eigenvalue weighted by Crippen LogP contribution is 2.16. The molecule has 0 amide bonds. The van der Waals surface area contributed by atoms with E-state index in [1.54, 1.807) is 13.8 Å². The highest BCUT2D eigenvalue weighted by atomic mass is 35.5. The number of hydrogen-bond acceptors (Lipinski definition) is 3. The molecule has 0 rings (SSSR count). The minimum absolute atomic E-state index is 0. The van der Waals surface area contributed by atoms with Crippen LogP contribution in [0.25, 0.3) is 0 Å². The van der Waals surface area contributed by atoms with E-state index < -0.39 is 21.4 Å². The van der Waals surface area contributed by atoms with Crippen LogP contribution in [0.3, 0.4) is 0 Å². The summed E-state index contributed by atoms with van der Waals surface area (Å²) in [5.74, 6) is -0.503. The molecular weight excluding hydrogens is 193 g/mol. The van der Waals surface area contributed by atoms with Gasteiger partial charge in [0.15, 0.2) is 0 Å². The average Bonchev–Trinajstić information content (AvgIpc) is 1.60. The predicted molar refractivity (Wildman–Crippen MR) is 45.0 cm³/mol. The minimum atomic E-state index is -4.37. The van der Waals surface area contributed by atoms with E-state index >= 15 is 0 Å². The Kier molecular flexibility index (Phi) is 5.27. The van der Waals surface area contributed by atoms with E-state index in [0.717, 1.165) is 0 Å². The van der Waals surface area contributed by atoms with Crippen molar-refractivity contribution in [2.45, 2.75) is 13.8 Å². The van der Waals surface area contributed by atoms with Gasteiger partial charge in [-0.05, 0) is 12.0 Å². The van der Waals surface area contributed by atoms with E-state index in [-0.39, 0.29) is 19.0 Å². The van der Waals surface area contributed by atoms with Gasteiger partial charge >= 0.3 is 10.2 Å². The first-order valence-corrected chi connectivity index (χ1v) is 4.44. The van der Waals surface area contributed by atoms with Crippen molar-refractivity contribution in [2.24, 2.45) is 11.1 Å². The monoisotopic (exact) mass is 205 g/mol. The average molecular weight is 206 g/mol. The lowest BCUT2D eigenvalue weighted by Crippen LogP contribution is -2.30. The summed E-state index contributed by atoms with van der Waals surface area (Å²) in [6.45, 7) is 3.37. The lowest BCUT2D eigenvalue weighted by Gasteiger charge is -2.18. The Morgan fingerprint density at radius 2 is 1.82 bits per heavy atom. The fourth-order valence-electron chi connectivity index (χ4n) is 0.526. The Hall–Kier alpha value is 0.130. The summed E-state index contributed by atoms with van der Waals surface area (Å²) in [7, 11) is -4.37. The van der Waals surface area contributed by atoms with Crippen LogP contribution in [-0.4, -0.2) is 20.7 Å². The van der Waals surface area contributed by atoms with Crippen molar-refractivity contribution in [3.63, 3.8) is 0 Å². The van der Waals surface area contributed by atoms with Crippen LogP contribution in [0.15, 0.2) is 0 Å². The first kappa shape index (κ1) is 13.7. The molecule has 6 heteroatoms. The van der Waals surface area contributed by atoms with Crippen molar-refractivity contribution >= 4 is 22.6 Å². The SMILES string of the molecule is CC(C)(CN)CS(=O)(=O)F.Cl. The van der Waals surface area contributed by atoms with Gasteiger partial charge in [-0.25, -0.2) is 0 Å². The van der Waals surface area contributed by atoms with E-state index in [9.17, 15) is 12.3 Å². The van der Waals surface area contributed by atoms with Crippen molar-refractivity contribution in [2.75, 3.05) is 12.3 Å². The molecule has 0 aromatic heterocycles. The Balaban J connectivity index is 0. The Labute approximate surface area is 72.8 Å². The van der Waals surface area contributed by atoms with E-state index in [1.807, 2.05) is 0 Å². The fourth-order valence-corrected chi connectivity index (χ4v) is 1.58. The fraction of sp³-hybridized carbons (Fsp3) is 1.00. The Morgan fingerprint density at radius 1 is 1.45 bits per heavy atom. The smallest absolute Gasteiger partial charge is 0.302 e. The molecule has 0 saturated heterocycles. The number of rotatable bonds is 3. The van der Waals surface area contributed by atoms with Gasteiger partial charge in [-0.3, -0.25) is 0 Å². The molecule has 0 saturated carbocycles. The molecule has 0 fully saturated rings. The van der Waals surface area contributed by atoms with Gasteiger partial charge in [0.2, 0.25) is 0 Å². The van der Waals surface area contributed by atoms with Crippen LogP contribution in [-0.2, 0) is 10.2 Å². The van der Waals surface area contributed by atoms with Crippen molar-refractivity contribution < 1.29 is 12.3 Å². The zero-order chi connectivity index (χ0) is 8.41. The lowest BCUT2D eigenvalue weighted by atomic mass is 9.97. The second kappa shape index (κ2) is 4.23. The molecule has 0 aromatic rings. The third-order valence-electron chi connectivity index (χ3n) is 1.12. The van der Waals surface area contributed by atoms with E-state index in [2.05, 4.69) is 0 Å². The zero-order valence-electron chi connectivity index (χ0n) is 6.50. The van der Waals surface area contributed by atoms with Gasteiger partial charge in [-0.1, -0.05) is 13.8 Å². The van der Waals surface area contributed by atoms with Crippen LogP contribution in [0, 0.1) is 5.41 Å². The summed E-state index contributed by atoms with van der Waals surface area (Å²) in [6.07, 6.45) is 0. The molecule has 0 aromatic carbocycles. The molecule has 0 unspecified atom stereocenters. The molecule has 0 aliphatic heterocycles. The van der Waals surface area contributed by atoms with Gasteiger partial charge in [-0.15, -0.1) is 16.3 Å². The van der Waals surface area contributed by atoms with Gasteiger partial charge in [0.1, 0.15) is 0 Å². The summed E-state index contributed by atoms with van der Waals surface area (Å²) in [5.41, 5.74) is 4.52. The van der Waals surface area contributed by atoms with E-state index in [0.29, 0.717) is 0 Å². The van der Waals surface area contributed by atoms with Gasteiger partial charge in [-0.2, -0.15) is 8.42 Å². The van der Waals surface area contributed by atoms with Crippen LogP contribution < -0.4 is 5.73 Å². The molecule has 0 aliphatic carbocycles. The number of hydrogen-bond donors (Lipinski definition) is 1. The molecule has 2 N–H and O–H groups in total. The second-order valence-corrected chi connectivity index (χ2v) is 4.42. The maximum atomic E-state index is 12.0. The van der Waals surface area contributed by atoms with Crippen LogP contribution in [0.1, 0.15) is 13.8 Å². The van der Waals surface area contributed by atoms with Crippen LogP contribution in [0.2, 0.25) is 0 Å². The highest BCUT2D eigenvalue weighted by Gasteiger charge is 2.23. The van der Waals surface area contributed by atoms with Crippen molar-refractivity contribution in [1.29, 1.82) is 0 Å². The molecule has 0 bridgehead atoms. The molecule has 11 heavy (non-hydrogen) atoms. The number of nitrogens with two attached hydrogens (primary N) is 1. The molecule has 0 heterocycles. The predicted octanol–water partition coefficient (Wildman–Crippen LogP) is 0.692. The van der Waals surface area contributed by atoms with Crippen LogP contribution in [0.4, 0.5) is 3.89 Å². The summed E-state index contributed by atoms with van der Waals surface area (Å²) in [5, 5.41) is 0. The molecular formula is C5H13ClFNO2S. The van der Waals surface area contributed by atoms with Crippen molar-refractivity contribution in [3.8, 4) is 0 Å². The third-order valence-corrected chi connectivity index (χ3v) is 2.24. The topological polar surface area (TPSA) is 60.2 Å². The highest BCUT2D eigenvalue weighted by molar-refractivity contribution is 7.86. The number of halogens is 2. The zero-order valence-corrected chi connectivity index (χ0v) is 8.14. The summed E-state index contributed by atoms with van der Waals surface area (Å²) in [4.78, 5) is 0. The van der Waals surface area contributed by atoms with E-state index in [1.165, 1.54) is 0 Å². The first-order valence-electron chi connectivity index (χ1n) is 2.89. The van der Waals surface area contributed by atoms with Gasteiger partial charge in [0.25, 0.3) is 0 Å². The maximum absolute atomic E-state index is 12.0. The Morgan fingerprint density at radius 3 is 1.91 bits per heavy atom. The van der Waals surface area contributed by atoms with Crippen LogP contribution >= 0.6 is 12.4 Å². The largest absolute Gasteiger partial charge is 0.330 e. The quantitative estimate of drug-likeness (QED) is 0.690. The molecule has 0 spiro atoms. The van der Waals surface area contributed by atoms with Crippen molar-refractivity contribution in [1.82, 2.24) is 0 Å². The summed E-state index contributed by atoms with van der Waals surface area (Å²) < 4.78 is 32.2. The van der Waals surface area contributed by atoms with Gasteiger partial charge in [0.05, 0.1) is 5.75 Å². The summed E-state index contributed by atoms with van der Waals surface area (Å²) in [6, 6.07) is 0. The minimum Gasteiger partial charge on any atom is -0.330 e. The molecule has 3 nitrogen and oxygen atoms in total. The van der Waals surface area contributed by atoms with E-state index in [4.69, 9.17) is 5.73 Å². The van der Waals surface area contributed by atoms with Gasteiger partial charge < -0.3 is 5.73 Å². The lowest BCUT2D eigenvalue weighted by molar-refractivity contribution is 0.416. The molecule has 0 atom stereocenters. The standard InChI is InChI=1S/C5H12FNO2S.ClH/c1-5(2,3-7)4-10(6,8)9;/h3-4,7H2,1-2H3;1H. The van der Waals surface area contributed by atoms with Gasteiger partial charge in [0, 0.05) is 0 Å². The molecule has 70 valence electrons. The second-order valence-electron chi connectivity index (χ2n) is 3.05. The third kappa shape index (κ3) is 8.03. The first-order chi connectivity index (χ1) is 4.27. The molecule has 0 radical (unpaired) electrons. The van der Waals surface area contributed by atoms with Crippen molar-refractivity contribution in [3.05, 3.63) is 0 Å². The maximum Gasteiger partial charge on any atom is 0.302 e. The molecule has 0 aliphatic rings. The van der Waals surface area contributed by atoms with Crippen LogP contribution in [0.5, 0.6) is 0 Å². The normalized spacial score (nSPS) is 12.4. The summed E-state index contributed by atoms with van der Waals surface area (Å²) >= 11 is 0. The Bertz CT molecular complexity index is 203.